The van der Waals surface area contributed by atoms with Gasteiger partial charge in [0, 0.05) is 12.1 Å². The van der Waals surface area contributed by atoms with Crippen LogP contribution in [0.5, 0.6) is 11.5 Å². The van der Waals surface area contributed by atoms with E-state index in [4.69, 9.17) is 15.2 Å². The average Bonchev–Trinajstić information content (AvgIpc) is 3.06. The van der Waals surface area contributed by atoms with Gasteiger partial charge in [0.15, 0.2) is 5.75 Å². The first kappa shape index (κ1) is 17.9. The molecule has 0 spiro atoms. The Balaban J connectivity index is 2.33. The number of hydrogen-bond acceptors (Lipinski definition) is 5. The van der Waals surface area contributed by atoms with Gasteiger partial charge in [-0.15, -0.1) is 0 Å². The van der Waals surface area contributed by atoms with Crippen LogP contribution in [0.25, 0.3) is 0 Å². The molecule has 0 aliphatic carbocycles. The maximum Gasteiger partial charge on any atom is 0.259 e. The van der Waals surface area contributed by atoms with Crippen LogP contribution in [0.1, 0.15) is 36.5 Å². The van der Waals surface area contributed by atoms with Gasteiger partial charge in [0.2, 0.25) is 0 Å². The molecule has 1 heterocycles. The Bertz CT molecular complexity index is 546. The Morgan fingerprint density at radius 3 is 2.70 bits per heavy atom. The average molecular weight is 386 g/mol. The van der Waals surface area contributed by atoms with Gasteiger partial charge in [0.1, 0.15) is 11.3 Å². The molecular weight excluding hydrogens is 362 g/mol. The van der Waals surface area contributed by atoms with E-state index in [-0.39, 0.29) is 11.9 Å². The number of anilines is 1. The summed E-state index contributed by atoms with van der Waals surface area (Å²) < 4.78 is 11.3. The molecule has 1 aromatic carbocycles. The Hall–Kier alpha value is -1.47. The summed E-state index contributed by atoms with van der Waals surface area (Å²) >= 11 is 3.39. The smallest absolute Gasteiger partial charge is 0.259 e. The molecule has 1 aromatic rings. The summed E-state index contributed by atoms with van der Waals surface area (Å²) in [5.41, 5.74) is 6.68. The van der Waals surface area contributed by atoms with Gasteiger partial charge in [0.25, 0.3) is 5.91 Å². The molecule has 1 amide bonds. The zero-order valence-electron chi connectivity index (χ0n) is 13.7. The lowest BCUT2D eigenvalue weighted by Crippen LogP contribution is -2.47. The molecule has 4 N–H and O–H groups in total. The monoisotopic (exact) mass is 385 g/mol. The minimum atomic E-state index is -0.243. The highest BCUT2D eigenvalue weighted by atomic mass is 79.9. The van der Waals surface area contributed by atoms with Crippen molar-refractivity contribution >= 4 is 27.5 Å². The van der Waals surface area contributed by atoms with E-state index in [9.17, 15) is 4.79 Å². The van der Waals surface area contributed by atoms with Crippen LogP contribution in [-0.2, 0) is 0 Å². The Labute approximate surface area is 145 Å². The van der Waals surface area contributed by atoms with E-state index in [1.54, 1.807) is 6.07 Å². The summed E-state index contributed by atoms with van der Waals surface area (Å²) in [5, 5.41) is 6.52. The molecule has 2 unspecified atom stereocenters. The first-order valence-corrected chi connectivity index (χ1v) is 8.56. The number of methoxy groups -OCH3 is 2. The van der Waals surface area contributed by atoms with Crippen LogP contribution < -0.4 is 25.8 Å². The van der Waals surface area contributed by atoms with Gasteiger partial charge in [-0.05, 0) is 47.8 Å². The fraction of sp³-hybridized carbons (Fsp3) is 0.562. The minimum absolute atomic E-state index is 0.0552. The largest absolute Gasteiger partial charge is 0.495 e. The van der Waals surface area contributed by atoms with Crippen LogP contribution >= 0.6 is 15.9 Å². The van der Waals surface area contributed by atoms with Gasteiger partial charge in [-0.2, -0.15) is 0 Å². The molecule has 1 fully saturated rings. The van der Waals surface area contributed by atoms with Gasteiger partial charge in [-0.3, -0.25) is 4.79 Å². The van der Waals surface area contributed by atoms with Crippen molar-refractivity contribution in [2.45, 2.75) is 38.3 Å². The molecule has 7 heteroatoms. The van der Waals surface area contributed by atoms with E-state index in [0.717, 1.165) is 25.8 Å². The van der Waals surface area contributed by atoms with Crippen LogP contribution in [0, 0.1) is 0 Å². The number of nitrogens with two attached hydrogens (primary N) is 1. The first-order valence-electron chi connectivity index (χ1n) is 7.77. The number of nitrogen functional groups attached to an aromatic ring is 1. The SMILES string of the molecule is CCC(NC(=O)c1c(OC)c(N)cc(Br)c1OC)C1CCCN1. The van der Waals surface area contributed by atoms with Crippen LogP contribution in [0.3, 0.4) is 0 Å². The second-order valence-electron chi connectivity index (χ2n) is 5.58. The number of carbonyl (C=O) groups is 1. The number of ether oxygens (including phenoxy) is 2. The normalized spacial score (nSPS) is 18.5. The van der Waals surface area contributed by atoms with Gasteiger partial charge in [0.05, 0.1) is 24.4 Å². The van der Waals surface area contributed by atoms with E-state index < -0.39 is 0 Å². The lowest BCUT2D eigenvalue weighted by molar-refractivity contribution is 0.0921. The Kier molecular flexibility index (Phi) is 6.12. The molecule has 0 saturated carbocycles. The highest BCUT2D eigenvalue weighted by Crippen LogP contribution is 2.40. The van der Waals surface area contributed by atoms with Crippen molar-refractivity contribution in [3.05, 3.63) is 16.1 Å². The van der Waals surface area contributed by atoms with Crippen LogP contribution in [0.15, 0.2) is 10.5 Å². The molecule has 128 valence electrons. The number of nitrogens with one attached hydrogen (secondary N) is 2. The Morgan fingerprint density at radius 2 is 2.17 bits per heavy atom. The zero-order chi connectivity index (χ0) is 17.0. The highest BCUT2D eigenvalue weighted by Gasteiger charge is 2.29. The second-order valence-corrected chi connectivity index (χ2v) is 6.43. The summed E-state index contributed by atoms with van der Waals surface area (Å²) in [6.45, 7) is 3.06. The molecule has 6 nitrogen and oxygen atoms in total. The fourth-order valence-electron chi connectivity index (χ4n) is 3.04. The molecule has 23 heavy (non-hydrogen) atoms. The molecule has 0 bridgehead atoms. The van der Waals surface area contributed by atoms with Crippen molar-refractivity contribution in [1.29, 1.82) is 0 Å². The number of rotatable bonds is 6. The summed E-state index contributed by atoms with van der Waals surface area (Å²) in [5.74, 6) is 0.506. The summed E-state index contributed by atoms with van der Waals surface area (Å²) in [7, 11) is 3.01. The van der Waals surface area contributed by atoms with E-state index in [1.165, 1.54) is 14.2 Å². The number of hydrogen-bond donors (Lipinski definition) is 3. The Morgan fingerprint density at radius 1 is 1.48 bits per heavy atom. The van der Waals surface area contributed by atoms with Crippen LogP contribution in [0.4, 0.5) is 5.69 Å². The van der Waals surface area contributed by atoms with Gasteiger partial charge < -0.3 is 25.8 Å². The maximum atomic E-state index is 12.9. The molecule has 1 aliphatic heterocycles. The summed E-state index contributed by atoms with van der Waals surface area (Å²) in [4.78, 5) is 12.9. The standard InChI is InChI=1S/C16H24BrN3O3/c1-4-11(12-6-5-7-19-12)20-16(21)13-14(22-2)9(17)8-10(18)15(13)23-3/h8,11-12,19H,4-7,18H2,1-3H3,(H,20,21). The van der Waals surface area contributed by atoms with E-state index in [2.05, 4.69) is 33.5 Å². The van der Waals surface area contributed by atoms with Gasteiger partial charge in [-0.25, -0.2) is 0 Å². The molecule has 0 aromatic heterocycles. The number of halogens is 1. The first-order chi connectivity index (χ1) is 11.0. The quantitative estimate of drug-likeness (QED) is 0.654. The van der Waals surface area contributed by atoms with Gasteiger partial charge in [-0.1, -0.05) is 6.92 Å². The van der Waals surface area contributed by atoms with Crippen molar-refractivity contribution in [1.82, 2.24) is 10.6 Å². The van der Waals surface area contributed by atoms with Crippen molar-refractivity contribution in [3.8, 4) is 11.5 Å². The molecule has 2 rings (SSSR count). The van der Waals surface area contributed by atoms with Crippen molar-refractivity contribution < 1.29 is 14.3 Å². The molecule has 0 radical (unpaired) electrons. The minimum Gasteiger partial charge on any atom is -0.495 e. The third-order valence-corrected chi connectivity index (χ3v) is 4.78. The molecule has 1 saturated heterocycles. The van der Waals surface area contributed by atoms with Crippen molar-refractivity contribution in [2.24, 2.45) is 0 Å². The molecular formula is C16H24BrN3O3. The van der Waals surface area contributed by atoms with E-state index in [0.29, 0.717) is 33.3 Å². The van der Waals surface area contributed by atoms with Crippen molar-refractivity contribution in [3.63, 3.8) is 0 Å². The third kappa shape index (κ3) is 3.72. The predicted molar refractivity (Wildman–Crippen MR) is 94.2 cm³/mol. The van der Waals surface area contributed by atoms with Crippen LogP contribution in [-0.4, -0.2) is 38.8 Å². The zero-order valence-corrected chi connectivity index (χ0v) is 15.3. The number of benzene rings is 1. The lowest BCUT2D eigenvalue weighted by atomic mass is 10.0. The van der Waals surface area contributed by atoms with E-state index in [1.807, 2.05) is 0 Å². The topological polar surface area (TPSA) is 85.6 Å². The second kappa shape index (κ2) is 7.88. The summed E-state index contributed by atoms with van der Waals surface area (Å²) in [6.07, 6.45) is 3.04. The van der Waals surface area contributed by atoms with Crippen molar-refractivity contribution in [2.75, 3.05) is 26.5 Å². The molecule has 1 aliphatic rings. The highest BCUT2D eigenvalue weighted by molar-refractivity contribution is 9.10. The molecule has 2 atom stereocenters. The lowest BCUT2D eigenvalue weighted by Gasteiger charge is -2.25. The summed E-state index contributed by atoms with van der Waals surface area (Å²) in [6, 6.07) is 2.02. The fourth-order valence-corrected chi connectivity index (χ4v) is 3.65. The van der Waals surface area contributed by atoms with E-state index >= 15 is 0 Å². The maximum absolute atomic E-state index is 12.9. The number of amides is 1. The van der Waals surface area contributed by atoms with Crippen LogP contribution in [0.2, 0.25) is 0 Å². The van der Waals surface area contributed by atoms with Gasteiger partial charge >= 0.3 is 0 Å². The predicted octanol–water partition coefficient (Wildman–Crippen LogP) is 2.31. The third-order valence-electron chi connectivity index (χ3n) is 4.19. The number of carbonyl (C=O) groups excluding carboxylic acids is 1.